The Morgan fingerprint density at radius 1 is 1.52 bits per heavy atom. The highest BCUT2D eigenvalue weighted by atomic mass is 79.9. The highest BCUT2D eigenvalue weighted by Gasteiger charge is 2.31. The van der Waals surface area contributed by atoms with E-state index in [9.17, 15) is 13.3 Å². The fraction of sp³-hybridized carbons (Fsp3) is 0.533. The number of rotatable bonds is 8. The van der Waals surface area contributed by atoms with E-state index in [4.69, 9.17) is 0 Å². The Labute approximate surface area is 147 Å². The molecule has 1 heterocycles. The summed E-state index contributed by atoms with van der Waals surface area (Å²) in [4.78, 5) is 3.80. The molecule has 1 aromatic rings. The largest absolute Gasteiger partial charge is 0.598 e. The van der Waals surface area contributed by atoms with Crippen molar-refractivity contribution in [1.82, 2.24) is 9.71 Å². The Morgan fingerprint density at radius 3 is 2.70 bits per heavy atom. The van der Waals surface area contributed by atoms with Crippen LogP contribution in [0.3, 0.4) is 0 Å². The first-order valence-electron chi connectivity index (χ1n) is 7.05. The topological polar surface area (TPSA) is 57.2 Å². The standard InChI is InChI=1S/C15H21BrF2N2O2S/c1-5-6-7-11(20-23(21)15(2,3)4)10-8-9-19-13(12(10)16)22-14(17)18/h5,8-9,11,14,20H,1,6-7H2,2-4H3/t11-,23?/m1/s1. The fourth-order valence-electron chi connectivity index (χ4n) is 1.74. The third kappa shape index (κ3) is 6.37. The van der Waals surface area contributed by atoms with Crippen LogP contribution < -0.4 is 9.46 Å². The number of alkyl halides is 2. The van der Waals surface area contributed by atoms with Gasteiger partial charge >= 0.3 is 6.61 Å². The smallest absolute Gasteiger partial charge is 0.388 e. The van der Waals surface area contributed by atoms with Gasteiger partial charge in [0, 0.05) is 17.6 Å². The summed E-state index contributed by atoms with van der Waals surface area (Å²) in [5.74, 6) is -0.190. The Balaban J connectivity index is 3.09. The molecule has 130 valence electrons. The van der Waals surface area contributed by atoms with E-state index < -0.39 is 22.7 Å². The van der Waals surface area contributed by atoms with Crippen molar-refractivity contribution in [3.8, 4) is 5.88 Å². The molecular weight excluding hydrogens is 390 g/mol. The molecule has 0 saturated heterocycles. The van der Waals surface area contributed by atoms with Crippen molar-refractivity contribution in [1.29, 1.82) is 0 Å². The molecule has 0 spiro atoms. The van der Waals surface area contributed by atoms with E-state index in [-0.39, 0.29) is 11.9 Å². The molecule has 0 fully saturated rings. The maximum Gasteiger partial charge on any atom is 0.388 e. The van der Waals surface area contributed by atoms with Crippen LogP contribution in [0.2, 0.25) is 0 Å². The Bertz CT molecular complexity index is 527. The number of pyridine rings is 1. The molecule has 0 aromatic carbocycles. The highest BCUT2D eigenvalue weighted by molar-refractivity contribution is 9.10. The average molecular weight is 411 g/mol. The molecule has 0 aliphatic heterocycles. The minimum absolute atomic E-state index is 0.190. The first-order chi connectivity index (χ1) is 10.7. The highest BCUT2D eigenvalue weighted by Crippen LogP contribution is 2.34. The monoisotopic (exact) mass is 410 g/mol. The van der Waals surface area contributed by atoms with Crippen LogP contribution in [0.1, 0.15) is 45.2 Å². The summed E-state index contributed by atoms with van der Waals surface area (Å²) in [5.41, 5.74) is 0.662. The summed E-state index contributed by atoms with van der Waals surface area (Å²) in [6.07, 6.45) is 4.43. The molecule has 0 aliphatic carbocycles. The average Bonchev–Trinajstić information content (AvgIpc) is 2.44. The lowest BCUT2D eigenvalue weighted by Gasteiger charge is -2.28. The Kier molecular flexibility index (Phi) is 7.93. The van der Waals surface area contributed by atoms with Crippen LogP contribution in [0, 0.1) is 0 Å². The van der Waals surface area contributed by atoms with Gasteiger partial charge in [0.15, 0.2) is 0 Å². The fourth-order valence-corrected chi connectivity index (χ4v) is 3.20. The first-order valence-corrected chi connectivity index (χ1v) is 8.99. The molecule has 8 heteroatoms. The number of hydrogen-bond donors (Lipinski definition) is 1. The molecule has 0 aliphatic rings. The third-order valence-electron chi connectivity index (χ3n) is 2.93. The summed E-state index contributed by atoms with van der Waals surface area (Å²) in [7, 11) is 0. The number of allylic oxidation sites excluding steroid dienone is 1. The maximum atomic E-state index is 12.4. The van der Waals surface area contributed by atoms with Gasteiger partial charge in [-0.3, -0.25) is 0 Å². The molecule has 1 rings (SSSR count). The molecule has 4 nitrogen and oxygen atoms in total. The lowest BCUT2D eigenvalue weighted by molar-refractivity contribution is -0.0534. The molecule has 0 amide bonds. The van der Waals surface area contributed by atoms with Crippen molar-refractivity contribution in [2.45, 2.75) is 51.0 Å². The third-order valence-corrected chi connectivity index (χ3v) is 5.34. The summed E-state index contributed by atoms with van der Waals surface area (Å²) >= 11 is 1.95. The second-order valence-electron chi connectivity index (χ2n) is 5.82. The van der Waals surface area contributed by atoms with Crippen molar-refractivity contribution < 1.29 is 18.1 Å². The normalized spacial score (nSPS) is 14.6. The minimum atomic E-state index is -2.96. The van der Waals surface area contributed by atoms with E-state index in [1.165, 1.54) is 6.20 Å². The molecular formula is C15H21BrF2N2O2S. The number of nitrogens with one attached hydrogen (secondary N) is 1. The summed E-state index contributed by atoms with van der Waals surface area (Å²) in [6, 6.07) is 1.37. The molecule has 1 N–H and O–H groups in total. The second kappa shape index (κ2) is 8.96. The molecule has 2 atom stereocenters. The molecule has 1 unspecified atom stereocenters. The van der Waals surface area contributed by atoms with Gasteiger partial charge in [-0.1, -0.05) is 6.08 Å². The number of aromatic nitrogens is 1. The lowest BCUT2D eigenvalue weighted by atomic mass is 10.0. The van der Waals surface area contributed by atoms with Gasteiger partial charge in [0.25, 0.3) is 0 Å². The van der Waals surface area contributed by atoms with E-state index in [1.807, 2.05) is 20.8 Å². The van der Waals surface area contributed by atoms with Crippen LogP contribution >= 0.6 is 15.9 Å². The Hall–Kier alpha value is -0.700. The number of ether oxygens (including phenoxy) is 1. The molecule has 0 saturated carbocycles. The lowest BCUT2D eigenvalue weighted by Crippen LogP contribution is -2.41. The zero-order chi connectivity index (χ0) is 17.6. The molecule has 0 bridgehead atoms. The molecule has 1 aromatic heterocycles. The van der Waals surface area contributed by atoms with Crippen LogP contribution in [0.4, 0.5) is 8.78 Å². The zero-order valence-corrected chi connectivity index (χ0v) is 15.7. The van der Waals surface area contributed by atoms with Gasteiger partial charge in [-0.15, -0.1) is 11.3 Å². The van der Waals surface area contributed by atoms with E-state index in [1.54, 1.807) is 12.1 Å². The van der Waals surface area contributed by atoms with Crippen molar-refractivity contribution >= 4 is 27.3 Å². The second-order valence-corrected chi connectivity index (χ2v) is 8.61. The van der Waals surface area contributed by atoms with E-state index in [2.05, 4.69) is 37.0 Å². The van der Waals surface area contributed by atoms with Gasteiger partial charge in [-0.25, -0.2) is 4.98 Å². The number of hydrogen-bond acceptors (Lipinski definition) is 4. The SMILES string of the molecule is C=CCC[C@@H](N[S+]([O-])C(C)(C)C)c1ccnc(OC(F)F)c1Br. The van der Waals surface area contributed by atoms with E-state index >= 15 is 0 Å². The van der Waals surface area contributed by atoms with Crippen LogP contribution in [-0.2, 0) is 11.4 Å². The van der Waals surface area contributed by atoms with Gasteiger partial charge in [-0.2, -0.15) is 8.78 Å². The van der Waals surface area contributed by atoms with Gasteiger partial charge < -0.3 is 9.29 Å². The van der Waals surface area contributed by atoms with Gasteiger partial charge in [0.05, 0.1) is 10.5 Å². The van der Waals surface area contributed by atoms with Crippen molar-refractivity contribution in [2.24, 2.45) is 0 Å². The zero-order valence-electron chi connectivity index (χ0n) is 13.3. The first kappa shape index (κ1) is 20.3. The predicted molar refractivity (Wildman–Crippen MR) is 91.8 cm³/mol. The summed E-state index contributed by atoms with van der Waals surface area (Å²) in [5, 5.41) is 0. The van der Waals surface area contributed by atoms with Gasteiger partial charge in [0.1, 0.15) is 4.75 Å². The van der Waals surface area contributed by atoms with Gasteiger partial charge in [0.2, 0.25) is 5.88 Å². The van der Waals surface area contributed by atoms with E-state index in [0.717, 1.165) is 0 Å². The molecule has 23 heavy (non-hydrogen) atoms. The quantitative estimate of drug-likeness (QED) is 0.506. The number of nitrogens with zero attached hydrogens (tertiary/aromatic N) is 1. The molecule has 0 radical (unpaired) electrons. The van der Waals surface area contributed by atoms with Crippen LogP contribution in [0.25, 0.3) is 0 Å². The van der Waals surface area contributed by atoms with Crippen LogP contribution in [0.5, 0.6) is 5.88 Å². The van der Waals surface area contributed by atoms with Crippen LogP contribution in [-0.4, -0.2) is 20.9 Å². The summed E-state index contributed by atoms with van der Waals surface area (Å²) in [6.45, 7) is 6.29. The van der Waals surface area contributed by atoms with Crippen molar-refractivity contribution in [3.05, 3.63) is 35.0 Å². The number of halogens is 3. The summed E-state index contributed by atoms with van der Waals surface area (Å²) < 4.78 is 44.6. The van der Waals surface area contributed by atoms with Crippen molar-refractivity contribution in [3.63, 3.8) is 0 Å². The van der Waals surface area contributed by atoms with Gasteiger partial charge in [-0.05, 0) is 61.2 Å². The maximum absolute atomic E-state index is 12.4. The van der Waals surface area contributed by atoms with E-state index in [0.29, 0.717) is 22.9 Å². The minimum Gasteiger partial charge on any atom is -0.598 e. The van der Waals surface area contributed by atoms with Crippen LogP contribution in [0.15, 0.2) is 29.4 Å². The predicted octanol–water partition coefficient (Wildman–Crippen LogP) is 4.50. The Morgan fingerprint density at radius 2 is 2.17 bits per heavy atom. The van der Waals surface area contributed by atoms with Crippen molar-refractivity contribution in [2.75, 3.05) is 0 Å².